The molecule has 0 spiro atoms. The average molecular weight is 236 g/mol. The van der Waals surface area contributed by atoms with Gasteiger partial charge in [0.25, 0.3) is 10.2 Å². The van der Waals surface area contributed by atoms with Crippen LogP contribution >= 0.6 is 0 Å². The van der Waals surface area contributed by atoms with Crippen LogP contribution in [0, 0.1) is 0 Å². The molecule has 1 atom stereocenters. The molecule has 2 N–H and O–H groups in total. The van der Waals surface area contributed by atoms with Gasteiger partial charge in [0.05, 0.1) is 6.42 Å². The maximum atomic E-state index is 11.5. The fraction of sp³-hybridized carbons (Fsp3) is 0.625. The fourth-order valence-corrected chi connectivity index (χ4v) is 1.82. The Morgan fingerprint density at radius 2 is 2.20 bits per heavy atom. The number of hydrogen-bond acceptors (Lipinski definition) is 3. The lowest BCUT2D eigenvalue weighted by atomic mass is 10.4. The van der Waals surface area contributed by atoms with E-state index in [0.29, 0.717) is 0 Å². The van der Waals surface area contributed by atoms with Crippen molar-refractivity contribution in [3.63, 3.8) is 0 Å². The molecule has 0 amide bonds. The fourth-order valence-electron chi connectivity index (χ4n) is 0.746. The van der Waals surface area contributed by atoms with E-state index >= 15 is 0 Å². The zero-order valence-electron chi connectivity index (χ0n) is 8.80. The third-order valence-corrected chi connectivity index (χ3v) is 3.41. The van der Waals surface area contributed by atoms with Gasteiger partial charge in [-0.25, -0.2) is 0 Å². The zero-order valence-corrected chi connectivity index (χ0v) is 9.62. The van der Waals surface area contributed by atoms with Crippen LogP contribution in [0.5, 0.6) is 0 Å². The van der Waals surface area contributed by atoms with E-state index in [1.807, 2.05) is 0 Å². The molecule has 0 saturated heterocycles. The van der Waals surface area contributed by atoms with Crippen molar-refractivity contribution in [2.45, 2.75) is 19.4 Å². The van der Waals surface area contributed by atoms with Gasteiger partial charge in [-0.2, -0.15) is 17.4 Å². The highest BCUT2D eigenvalue weighted by Crippen LogP contribution is 1.98. The molecular weight excluding hydrogens is 220 g/mol. The van der Waals surface area contributed by atoms with Crippen LogP contribution in [-0.2, 0) is 15.0 Å². The van der Waals surface area contributed by atoms with Crippen molar-refractivity contribution < 1.29 is 18.3 Å². The minimum atomic E-state index is -3.62. The highest BCUT2D eigenvalue weighted by Gasteiger charge is 2.19. The Balaban J connectivity index is 4.32. The summed E-state index contributed by atoms with van der Waals surface area (Å²) in [6.07, 6.45) is 1.22. The molecule has 0 aromatic carbocycles. The van der Waals surface area contributed by atoms with E-state index in [1.165, 1.54) is 13.1 Å². The summed E-state index contributed by atoms with van der Waals surface area (Å²) in [7, 11) is -2.30. The second-order valence-electron chi connectivity index (χ2n) is 3.11. The molecule has 6 nitrogen and oxygen atoms in total. The second-order valence-corrected chi connectivity index (χ2v) is 4.92. The van der Waals surface area contributed by atoms with E-state index in [9.17, 15) is 13.2 Å². The predicted molar refractivity (Wildman–Crippen MR) is 56.6 cm³/mol. The molecule has 0 rings (SSSR count). The normalized spacial score (nSPS) is 13.8. The van der Waals surface area contributed by atoms with Crippen LogP contribution in [0.25, 0.3) is 0 Å². The molecule has 0 aliphatic heterocycles. The Hall–Kier alpha value is -0.920. The van der Waals surface area contributed by atoms with Gasteiger partial charge in [0, 0.05) is 19.6 Å². The maximum absolute atomic E-state index is 11.5. The highest BCUT2D eigenvalue weighted by atomic mass is 32.2. The van der Waals surface area contributed by atoms with Crippen molar-refractivity contribution in [1.29, 1.82) is 0 Å². The highest BCUT2D eigenvalue weighted by molar-refractivity contribution is 7.87. The molecule has 0 bridgehead atoms. The van der Waals surface area contributed by atoms with Gasteiger partial charge in [0.2, 0.25) is 0 Å². The Bertz CT molecular complexity index is 326. The third-order valence-electron chi connectivity index (χ3n) is 1.74. The Morgan fingerprint density at radius 3 is 2.60 bits per heavy atom. The van der Waals surface area contributed by atoms with Crippen LogP contribution in [0.2, 0.25) is 0 Å². The predicted octanol–water partition coefficient (Wildman–Crippen LogP) is -0.198. The van der Waals surface area contributed by atoms with Crippen LogP contribution in [0.15, 0.2) is 12.7 Å². The lowest BCUT2D eigenvalue weighted by Crippen LogP contribution is -2.42. The van der Waals surface area contributed by atoms with Gasteiger partial charge in [-0.3, -0.25) is 4.79 Å². The van der Waals surface area contributed by atoms with Gasteiger partial charge >= 0.3 is 5.97 Å². The molecule has 7 heteroatoms. The summed E-state index contributed by atoms with van der Waals surface area (Å²) >= 11 is 0. The van der Waals surface area contributed by atoms with Crippen molar-refractivity contribution in [2.24, 2.45) is 0 Å². The van der Waals surface area contributed by atoms with Gasteiger partial charge < -0.3 is 5.11 Å². The van der Waals surface area contributed by atoms with Gasteiger partial charge in [-0.15, -0.1) is 6.58 Å². The minimum Gasteiger partial charge on any atom is -0.481 e. The lowest BCUT2D eigenvalue weighted by molar-refractivity contribution is -0.137. The van der Waals surface area contributed by atoms with E-state index < -0.39 is 16.2 Å². The Morgan fingerprint density at radius 1 is 1.67 bits per heavy atom. The maximum Gasteiger partial charge on any atom is 0.304 e. The summed E-state index contributed by atoms with van der Waals surface area (Å²) in [4.78, 5) is 10.3. The standard InChI is InChI=1S/C8H16N2O4S/c1-4-7(2)9-15(13,14)10(3)6-5-8(11)12/h4,7,9H,1,5-6H2,2-3H3,(H,11,12). The number of carboxylic acid groups (broad SMARTS) is 1. The first-order valence-electron chi connectivity index (χ1n) is 4.37. The van der Waals surface area contributed by atoms with Crippen LogP contribution in [0.4, 0.5) is 0 Å². The van der Waals surface area contributed by atoms with Crippen LogP contribution in [0.3, 0.4) is 0 Å². The van der Waals surface area contributed by atoms with Crippen molar-refractivity contribution in [2.75, 3.05) is 13.6 Å². The quantitative estimate of drug-likeness (QED) is 0.599. The SMILES string of the molecule is C=CC(C)NS(=O)(=O)N(C)CCC(=O)O. The molecule has 0 aliphatic rings. The van der Waals surface area contributed by atoms with Crippen LogP contribution in [-0.4, -0.2) is 43.4 Å². The number of aliphatic carboxylic acids is 1. The first-order valence-corrected chi connectivity index (χ1v) is 5.81. The number of nitrogens with one attached hydrogen (secondary N) is 1. The smallest absolute Gasteiger partial charge is 0.304 e. The molecule has 0 radical (unpaired) electrons. The van der Waals surface area contributed by atoms with Crippen molar-refractivity contribution >= 4 is 16.2 Å². The van der Waals surface area contributed by atoms with Gasteiger partial charge in [0.1, 0.15) is 0 Å². The lowest BCUT2D eigenvalue weighted by Gasteiger charge is -2.18. The van der Waals surface area contributed by atoms with Gasteiger partial charge in [-0.05, 0) is 6.92 Å². The number of hydrogen-bond donors (Lipinski definition) is 2. The first-order chi connectivity index (χ1) is 6.79. The zero-order chi connectivity index (χ0) is 12.1. The second kappa shape index (κ2) is 5.84. The summed E-state index contributed by atoms with van der Waals surface area (Å²) in [5, 5.41) is 8.40. The van der Waals surface area contributed by atoms with Crippen LogP contribution < -0.4 is 4.72 Å². The van der Waals surface area contributed by atoms with Crippen molar-refractivity contribution in [3.8, 4) is 0 Å². The summed E-state index contributed by atoms with van der Waals surface area (Å²) < 4.78 is 26.2. The summed E-state index contributed by atoms with van der Waals surface area (Å²) in [5.41, 5.74) is 0. The molecule has 0 saturated carbocycles. The van der Waals surface area contributed by atoms with Crippen LogP contribution in [0.1, 0.15) is 13.3 Å². The van der Waals surface area contributed by atoms with E-state index in [-0.39, 0.29) is 19.0 Å². The minimum absolute atomic E-state index is 0.0610. The molecular formula is C8H16N2O4S. The van der Waals surface area contributed by atoms with E-state index in [1.54, 1.807) is 6.92 Å². The Kier molecular flexibility index (Phi) is 5.48. The summed E-state index contributed by atoms with van der Waals surface area (Å²) in [5.74, 6) is -1.03. The topological polar surface area (TPSA) is 86.7 Å². The molecule has 0 aliphatic carbocycles. The van der Waals surface area contributed by atoms with Gasteiger partial charge in [0.15, 0.2) is 0 Å². The number of carboxylic acids is 1. The van der Waals surface area contributed by atoms with E-state index in [0.717, 1.165) is 4.31 Å². The summed E-state index contributed by atoms with van der Waals surface area (Å²) in [6, 6.07) is -0.387. The van der Waals surface area contributed by atoms with Gasteiger partial charge in [-0.1, -0.05) is 6.08 Å². The molecule has 15 heavy (non-hydrogen) atoms. The van der Waals surface area contributed by atoms with Crippen molar-refractivity contribution in [3.05, 3.63) is 12.7 Å². The Labute approximate surface area is 89.8 Å². The van der Waals surface area contributed by atoms with E-state index in [2.05, 4.69) is 11.3 Å². The molecule has 88 valence electrons. The number of rotatable bonds is 7. The largest absolute Gasteiger partial charge is 0.481 e. The number of nitrogens with zero attached hydrogens (tertiary/aromatic N) is 1. The molecule has 0 aromatic heterocycles. The van der Waals surface area contributed by atoms with E-state index in [4.69, 9.17) is 5.11 Å². The molecule has 0 heterocycles. The number of carbonyl (C=O) groups is 1. The monoisotopic (exact) mass is 236 g/mol. The third kappa shape index (κ3) is 5.50. The molecule has 0 fully saturated rings. The molecule has 0 aromatic rings. The first kappa shape index (κ1) is 14.1. The average Bonchev–Trinajstić information content (AvgIpc) is 2.13. The molecule has 1 unspecified atom stereocenters. The van der Waals surface area contributed by atoms with Crippen molar-refractivity contribution in [1.82, 2.24) is 9.03 Å². The summed E-state index contributed by atoms with van der Waals surface area (Å²) in [6.45, 7) is 5.01.